The third-order valence-electron chi connectivity index (χ3n) is 9.63. The predicted molar refractivity (Wildman–Crippen MR) is 187 cm³/mol. The summed E-state index contributed by atoms with van der Waals surface area (Å²) in [4.78, 5) is 38.1. The van der Waals surface area contributed by atoms with E-state index in [0.29, 0.717) is 53.8 Å². The average molecular weight is 709 g/mol. The molecule has 2 heterocycles. The van der Waals surface area contributed by atoms with E-state index < -0.39 is 50.8 Å². The van der Waals surface area contributed by atoms with Crippen molar-refractivity contribution in [1.82, 2.24) is 0 Å². The van der Waals surface area contributed by atoms with Gasteiger partial charge in [0.1, 0.15) is 23.7 Å². The molecule has 0 bridgehead atoms. The molecular weight excluding hydrogens is 648 g/mol. The summed E-state index contributed by atoms with van der Waals surface area (Å²) in [6.07, 6.45) is -1.46. The van der Waals surface area contributed by atoms with Crippen molar-refractivity contribution in [3.05, 3.63) is 29.8 Å². The first kappa shape index (κ1) is 41.1. The van der Waals surface area contributed by atoms with Crippen LogP contribution in [0.4, 0.5) is 0 Å². The minimum absolute atomic E-state index is 0.0417. The van der Waals surface area contributed by atoms with Gasteiger partial charge in [-0.3, -0.25) is 9.59 Å². The average Bonchev–Trinajstić information content (AvgIpc) is 2.97. The first-order chi connectivity index (χ1) is 22.9. The summed E-state index contributed by atoms with van der Waals surface area (Å²) in [5, 5.41) is 10.3. The second-order valence-electron chi connectivity index (χ2n) is 14.9. The maximum atomic E-state index is 13.3. The molecule has 11 nitrogen and oxygen atoms in total. The number of hydrogen-bond donors (Lipinski definition) is 1. The van der Waals surface area contributed by atoms with Crippen LogP contribution in [0.15, 0.2) is 24.3 Å². The summed E-state index contributed by atoms with van der Waals surface area (Å²) in [5.74, 6) is -1.29. The van der Waals surface area contributed by atoms with Crippen LogP contribution in [0.3, 0.4) is 0 Å². The van der Waals surface area contributed by atoms with Crippen molar-refractivity contribution in [1.29, 1.82) is 0 Å². The van der Waals surface area contributed by atoms with Gasteiger partial charge in [0, 0.05) is 58.5 Å². The highest BCUT2D eigenvalue weighted by Crippen LogP contribution is 2.42. The van der Waals surface area contributed by atoms with Gasteiger partial charge in [0.15, 0.2) is 20.4 Å². The largest absolute Gasteiger partial charge is 0.497 e. The molecule has 0 aromatic heterocycles. The van der Waals surface area contributed by atoms with E-state index in [0.717, 1.165) is 0 Å². The first-order valence-corrected chi connectivity index (χ1v) is 19.9. The summed E-state index contributed by atoms with van der Waals surface area (Å²) in [6.45, 7) is 19.0. The molecule has 0 radical (unpaired) electrons. The number of carbonyl (C=O) groups excluding carboxylic acids is 3. The Bertz CT molecular complexity index is 1190. The van der Waals surface area contributed by atoms with Crippen molar-refractivity contribution < 1.29 is 52.3 Å². The van der Waals surface area contributed by atoms with Crippen molar-refractivity contribution >= 4 is 26.0 Å². The van der Waals surface area contributed by atoms with Crippen LogP contribution < -0.4 is 4.74 Å². The topological polar surface area (TPSA) is 136 Å². The van der Waals surface area contributed by atoms with E-state index in [-0.39, 0.29) is 43.5 Å². The van der Waals surface area contributed by atoms with Gasteiger partial charge in [-0.2, -0.15) is 0 Å². The maximum Gasteiger partial charge on any atom is 0.338 e. The number of ketones is 1. The monoisotopic (exact) mass is 708 g/mol. The second kappa shape index (κ2) is 18.2. The highest BCUT2D eigenvalue weighted by molar-refractivity contribution is 6.77. The molecule has 0 amide bonds. The van der Waals surface area contributed by atoms with Crippen LogP contribution >= 0.6 is 0 Å². The van der Waals surface area contributed by atoms with E-state index in [1.807, 2.05) is 13.8 Å². The van der Waals surface area contributed by atoms with Crippen LogP contribution in [-0.2, 0) is 37.7 Å². The molecule has 1 aromatic rings. The van der Waals surface area contributed by atoms with E-state index in [4.69, 9.17) is 32.8 Å². The third kappa shape index (κ3) is 12.1. The number of Topliss-reactive ketones (excluding diaryl/α,β-unsaturated/α-hetero) is 1. The van der Waals surface area contributed by atoms with Crippen molar-refractivity contribution in [2.45, 2.75) is 166 Å². The zero-order chi connectivity index (χ0) is 36.5. The molecular formula is C37H60O11Si. The van der Waals surface area contributed by atoms with Gasteiger partial charge in [0.05, 0.1) is 31.0 Å². The summed E-state index contributed by atoms with van der Waals surface area (Å²) < 4.78 is 41.3. The van der Waals surface area contributed by atoms with Crippen molar-refractivity contribution in [3.63, 3.8) is 0 Å². The molecule has 278 valence electrons. The van der Waals surface area contributed by atoms with Crippen LogP contribution in [0.5, 0.6) is 5.75 Å². The zero-order valence-electron chi connectivity index (χ0n) is 31.2. The Kier molecular flexibility index (Phi) is 15.3. The van der Waals surface area contributed by atoms with E-state index in [1.165, 1.54) is 6.92 Å². The molecule has 2 fully saturated rings. The number of aliphatic hydroxyl groups excluding tert-OH is 1. The Hall–Kier alpha value is -2.35. The SMILES string of the molecule is COc1ccc(C(=O)O[C@@H]2CC(O)O[C@H](CC(=O)C[C@@H]3C[C@@H](C[C@@H](CCO[Si](C(C)C)(C(C)C)C(C)C)OC(C)=O)OC(C)(C)O3)C2)cc1. The number of ether oxygens (including phenoxy) is 6. The standard InChI is InChI=1S/C37H60O11Si/c1-23(2)49(24(3)4,25(5)6)43-16-15-30(44-26(7)38)19-34-21-33(47-37(8,9)48-34)18-28(39)17-31-20-32(22-35(40)45-31)46-36(41)27-11-13-29(42-10)14-12-27/h11-14,23-25,30-35,40H,15-22H2,1-10H3/t30-,31-,32+,33-,34-,35?/m1/s1. The number of aliphatic hydroxyl groups is 1. The lowest BCUT2D eigenvalue weighted by atomic mass is 9.95. The van der Waals surface area contributed by atoms with Crippen molar-refractivity contribution in [2.75, 3.05) is 13.7 Å². The van der Waals surface area contributed by atoms with Crippen LogP contribution in [-0.4, -0.2) is 87.5 Å². The molecule has 0 spiro atoms. The smallest absolute Gasteiger partial charge is 0.338 e. The molecule has 12 heteroatoms. The molecule has 2 aliphatic heterocycles. The molecule has 3 rings (SSSR count). The van der Waals surface area contributed by atoms with Crippen LogP contribution in [0.25, 0.3) is 0 Å². The number of hydrogen-bond acceptors (Lipinski definition) is 11. The number of carbonyl (C=O) groups is 3. The lowest BCUT2D eigenvalue weighted by Crippen LogP contribution is -2.48. The van der Waals surface area contributed by atoms with E-state index in [1.54, 1.807) is 31.4 Å². The molecule has 1 unspecified atom stereocenters. The van der Waals surface area contributed by atoms with Gasteiger partial charge in [-0.15, -0.1) is 0 Å². The maximum absolute atomic E-state index is 13.3. The Labute approximate surface area is 293 Å². The molecule has 2 aliphatic rings. The first-order valence-electron chi connectivity index (χ1n) is 17.8. The Morgan fingerprint density at radius 2 is 1.49 bits per heavy atom. The lowest BCUT2D eigenvalue weighted by Gasteiger charge is -2.43. The lowest BCUT2D eigenvalue weighted by molar-refractivity contribution is -0.302. The Morgan fingerprint density at radius 3 is 2.06 bits per heavy atom. The van der Waals surface area contributed by atoms with Gasteiger partial charge in [-0.05, 0) is 54.7 Å². The van der Waals surface area contributed by atoms with E-state index >= 15 is 0 Å². The number of esters is 2. The van der Waals surface area contributed by atoms with Crippen LogP contribution in [0.2, 0.25) is 16.6 Å². The van der Waals surface area contributed by atoms with E-state index in [2.05, 4.69) is 41.5 Å². The van der Waals surface area contributed by atoms with Gasteiger partial charge >= 0.3 is 11.9 Å². The zero-order valence-corrected chi connectivity index (χ0v) is 32.2. The number of methoxy groups -OCH3 is 1. The number of benzene rings is 1. The second-order valence-corrected chi connectivity index (χ2v) is 20.4. The molecule has 2 saturated heterocycles. The highest BCUT2D eigenvalue weighted by Gasteiger charge is 2.45. The normalized spacial score (nSPS) is 24.9. The van der Waals surface area contributed by atoms with E-state index in [9.17, 15) is 19.5 Å². The minimum atomic E-state index is -2.08. The van der Waals surface area contributed by atoms with Crippen molar-refractivity contribution in [2.24, 2.45) is 0 Å². The predicted octanol–water partition coefficient (Wildman–Crippen LogP) is 6.88. The van der Waals surface area contributed by atoms with Gasteiger partial charge in [0.2, 0.25) is 0 Å². The van der Waals surface area contributed by atoms with Gasteiger partial charge in [-0.1, -0.05) is 41.5 Å². The fourth-order valence-corrected chi connectivity index (χ4v) is 13.3. The number of rotatable bonds is 17. The molecule has 49 heavy (non-hydrogen) atoms. The highest BCUT2D eigenvalue weighted by atomic mass is 28.4. The van der Waals surface area contributed by atoms with Gasteiger partial charge in [-0.25, -0.2) is 4.79 Å². The van der Waals surface area contributed by atoms with Gasteiger partial charge < -0.3 is 38.0 Å². The molecule has 1 N–H and O–H groups in total. The summed E-state index contributed by atoms with van der Waals surface area (Å²) in [5.41, 5.74) is 1.70. The summed E-state index contributed by atoms with van der Waals surface area (Å²) >= 11 is 0. The summed E-state index contributed by atoms with van der Waals surface area (Å²) in [6, 6.07) is 6.57. The fourth-order valence-electron chi connectivity index (χ4n) is 7.82. The molecule has 1 aromatic carbocycles. The Balaban J connectivity index is 1.57. The van der Waals surface area contributed by atoms with Crippen molar-refractivity contribution in [3.8, 4) is 5.75 Å². The minimum Gasteiger partial charge on any atom is -0.497 e. The fraction of sp³-hybridized carbons (Fsp3) is 0.757. The Morgan fingerprint density at radius 1 is 0.898 bits per heavy atom. The summed E-state index contributed by atoms with van der Waals surface area (Å²) in [7, 11) is -0.533. The van der Waals surface area contributed by atoms with Gasteiger partial charge in [0.25, 0.3) is 0 Å². The molecule has 6 atom stereocenters. The molecule has 0 saturated carbocycles. The van der Waals surface area contributed by atoms with Crippen LogP contribution in [0.1, 0.15) is 118 Å². The third-order valence-corrected chi connectivity index (χ3v) is 15.8. The quantitative estimate of drug-likeness (QED) is 0.134. The molecule has 0 aliphatic carbocycles. The van der Waals surface area contributed by atoms with Crippen LogP contribution in [0, 0.1) is 0 Å².